The van der Waals surface area contributed by atoms with E-state index in [1.807, 2.05) is 12.1 Å². The van der Waals surface area contributed by atoms with Gasteiger partial charge in [-0.15, -0.1) is 0 Å². The number of ether oxygens (including phenoxy) is 1. The summed E-state index contributed by atoms with van der Waals surface area (Å²) < 4.78 is 11.2. The largest absolute Gasteiger partial charge is 0.439 e. The quantitative estimate of drug-likeness (QED) is 0.911. The smallest absolute Gasteiger partial charge is 0.209 e. The Morgan fingerprint density at radius 3 is 2.90 bits per heavy atom. The fourth-order valence-corrected chi connectivity index (χ4v) is 2.70. The molecule has 0 radical (unpaired) electrons. The molecule has 21 heavy (non-hydrogen) atoms. The predicted molar refractivity (Wildman–Crippen MR) is 82.3 cm³/mol. The van der Waals surface area contributed by atoms with Crippen molar-refractivity contribution < 1.29 is 9.15 Å². The number of benzene rings is 1. The van der Waals surface area contributed by atoms with Crippen molar-refractivity contribution in [2.24, 2.45) is 0 Å². The van der Waals surface area contributed by atoms with Crippen LogP contribution in [0.1, 0.15) is 18.4 Å². The van der Waals surface area contributed by atoms with Crippen molar-refractivity contribution in [2.75, 3.05) is 32.8 Å². The van der Waals surface area contributed by atoms with Crippen molar-refractivity contribution in [1.29, 1.82) is 0 Å². The zero-order valence-corrected chi connectivity index (χ0v) is 12.8. The summed E-state index contributed by atoms with van der Waals surface area (Å²) in [6.45, 7) is 9.69. The van der Waals surface area contributed by atoms with Crippen LogP contribution in [0.2, 0.25) is 0 Å². The molecule has 2 heterocycles. The molecule has 0 unspecified atom stereocenters. The van der Waals surface area contributed by atoms with E-state index in [1.54, 1.807) is 0 Å². The molecule has 5 heteroatoms. The summed E-state index contributed by atoms with van der Waals surface area (Å²) in [4.78, 5) is 7.00. The second-order valence-corrected chi connectivity index (χ2v) is 5.72. The molecular formula is C16H23N3O2. The first-order chi connectivity index (χ1) is 10.2. The van der Waals surface area contributed by atoms with E-state index in [9.17, 15) is 0 Å². The lowest BCUT2D eigenvalue weighted by Gasteiger charge is -2.29. The van der Waals surface area contributed by atoms with E-state index >= 15 is 0 Å². The summed E-state index contributed by atoms with van der Waals surface area (Å²) in [6.07, 6.45) is 0. The lowest BCUT2D eigenvalue weighted by atomic mass is 10.2. The fourth-order valence-electron chi connectivity index (χ4n) is 2.70. The number of fused-ring (bicyclic) bond motifs is 1. The van der Waals surface area contributed by atoms with Crippen LogP contribution in [0.4, 0.5) is 0 Å². The minimum Gasteiger partial charge on any atom is -0.439 e. The standard InChI is InChI=1S/C16H23N3O2/c1-12-4-3-5-14-16(12)18-15(21-14)10-17-13(2)11-19-6-8-20-9-7-19/h3-5,13,17H,6-11H2,1-2H3/t13-/m1/s1. The Bertz CT molecular complexity index is 590. The molecule has 2 aromatic rings. The summed E-state index contributed by atoms with van der Waals surface area (Å²) in [6, 6.07) is 6.43. The monoisotopic (exact) mass is 289 g/mol. The Labute approximate surface area is 125 Å². The van der Waals surface area contributed by atoms with Gasteiger partial charge in [0.1, 0.15) is 5.52 Å². The van der Waals surface area contributed by atoms with Crippen molar-refractivity contribution in [2.45, 2.75) is 26.4 Å². The van der Waals surface area contributed by atoms with Crippen molar-refractivity contribution in [3.05, 3.63) is 29.7 Å². The maximum Gasteiger partial charge on any atom is 0.209 e. The van der Waals surface area contributed by atoms with Crippen molar-refractivity contribution >= 4 is 11.1 Å². The van der Waals surface area contributed by atoms with Gasteiger partial charge in [0, 0.05) is 25.7 Å². The maximum absolute atomic E-state index is 5.78. The zero-order chi connectivity index (χ0) is 14.7. The number of aromatic nitrogens is 1. The molecule has 1 saturated heterocycles. The number of para-hydroxylation sites is 1. The highest BCUT2D eigenvalue weighted by molar-refractivity contribution is 5.76. The average Bonchev–Trinajstić information content (AvgIpc) is 2.91. The first-order valence-corrected chi connectivity index (χ1v) is 7.61. The first-order valence-electron chi connectivity index (χ1n) is 7.61. The second-order valence-electron chi connectivity index (χ2n) is 5.72. The number of nitrogens with zero attached hydrogens (tertiary/aromatic N) is 2. The number of morpholine rings is 1. The SMILES string of the molecule is Cc1cccc2oc(CN[C@H](C)CN3CCOCC3)nc12. The fraction of sp³-hybridized carbons (Fsp3) is 0.562. The van der Waals surface area contributed by atoms with Gasteiger partial charge in [0.15, 0.2) is 5.58 Å². The summed E-state index contributed by atoms with van der Waals surface area (Å²) in [5.41, 5.74) is 2.99. The number of hydrogen-bond donors (Lipinski definition) is 1. The number of oxazole rings is 1. The number of rotatable bonds is 5. The maximum atomic E-state index is 5.78. The van der Waals surface area contributed by atoms with E-state index < -0.39 is 0 Å². The molecule has 1 aromatic heterocycles. The third-order valence-electron chi connectivity index (χ3n) is 3.90. The van der Waals surface area contributed by atoms with Crippen LogP contribution in [0.3, 0.4) is 0 Å². The van der Waals surface area contributed by atoms with Crippen molar-refractivity contribution in [3.8, 4) is 0 Å². The van der Waals surface area contributed by atoms with Crippen LogP contribution in [-0.2, 0) is 11.3 Å². The van der Waals surface area contributed by atoms with Gasteiger partial charge in [0.2, 0.25) is 5.89 Å². The first kappa shape index (κ1) is 14.5. The Kier molecular flexibility index (Phi) is 4.53. The molecule has 5 nitrogen and oxygen atoms in total. The van der Waals surface area contributed by atoms with Gasteiger partial charge in [0.05, 0.1) is 19.8 Å². The molecule has 1 aliphatic heterocycles. The van der Waals surface area contributed by atoms with Gasteiger partial charge in [-0.05, 0) is 25.5 Å². The molecule has 1 N–H and O–H groups in total. The van der Waals surface area contributed by atoms with Crippen molar-refractivity contribution in [3.63, 3.8) is 0 Å². The van der Waals surface area contributed by atoms with Crippen LogP contribution in [0.5, 0.6) is 0 Å². The Morgan fingerprint density at radius 1 is 1.33 bits per heavy atom. The lowest BCUT2D eigenvalue weighted by Crippen LogP contribution is -2.44. The van der Waals surface area contributed by atoms with E-state index in [0.29, 0.717) is 12.6 Å². The highest BCUT2D eigenvalue weighted by Gasteiger charge is 2.14. The van der Waals surface area contributed by atoms with Gasteiger partial charge < -0.3 is 14.5 Å². The molecule has 0 aliphatic carbocycles. The third kappa shape index (κ3) is 3.61. The van der Waals surface area contributed by atoms with Gasteiger partial charge in [-0.2, -0.15) is 0 Å². The average molecular weight is 289 g/mol. The van der Waals surface area contributed by atoms with Gasteiger partial charge in [-0.25, -0.2) is 4.98 Å². The number of aryl methyl sites for hydroxylation is 1. The van der Waals surface area contributed by atoms with Gasteiger partial charge in [-0.1, -0.05) is 12.1 Å². The predicted octanol–water partition coefficient (Wildman–Crippen LogP) is 1.95. The van der Waals surface area contributed by atoms with Gasteiger partial charge in [0.25, 0.3) is 0 Å². The van der Waals surface area contributed by atoms with E-state index in [2.05, 4.69) is 35.1 Å². The molecule has 3 rings (SSSR count). The molecule has 0 saturated carbocycles. The van der Waals surface area contributed by atoms with Crippen molar-refractivity contribution in [1.82, 2.24) is 15.2 Å². The van der Waals surface area contributed by atoms with Crippen LogP contribution in [0, 0.1) is 6.92 Å². The Morgan fingerprint density at radius 2 is 2.14 bits per heavy atom. The van der Waals surface area contributed by atoms with Gasteiger partial charge in [-0.3, -0.25) is 4.90 Å². The molecule has 1 atom stereocenters. The summed E-state index contributed by atoms with van der Waals surface area (Å²) in [7, 11) is 0. The Balaban J connectivity index is 1.54. The second kappa shape index (κ2) is 6.56. The lowest BCUT2D eigenvalue weighted by molar-refractivity contribution is 0.0342. The van der Waals surface area contributed by atoms with Gasteiger partial charge >= 0.3 is 0 Å². The van der Waals surface area contributed by atoms with E-state index in [-0.39, 0.29) is 0 Å². The van der Waals surface area contributed by atoms with Crippen LogP contribution in [-0.4, -0.2) is 48.8 Å². The van der Waals surface area contributed by atoms with E-state index in [1.165, 1.54) is 0 Å². The minimum atomic E-state index is 0.402. The van der Waals surface area contributed by atoms with E-state index in [4.69, 9.17) is 9.15 Å². The van der Waals surface area contributed by atoms with Crippen LogP contribution in [0.15, 0.2) is 22.6 Å². The number of hydrogen-bond acceptors (Lipinski definition) is 5. The Hall–Kier alpha value is -1.43. The van der Waals surface area contributed by atoms with E-state index in [0.717, 1.165) is 55.4 Å². The van der Waals surface area contributed by atoms with Crippen LogP contribution >= 0.6 is 0 Å². The summed E-state index contributed by atoms with van der Waals surface area (Å²) >= 11 is 0. The van der Waals surface area contributed by atoms with Crippen LogP contribution in [0.25, 0.3) is 11.1 Å². The highest BCUT2D eigenvalue weighted by atomic mass is 16.5. The molecule has 1 aromatic carbocycles. The molecule has 0 amide bonds. The minimum absolute atomic E-state index is 0.402. The highest BCUT2D eigenvalue weighted by Crippen LogP contribution is 2.18. The zero-order valence-electron chi connectivity index (χ0n) is 12.8. The third-order valence-corrected chi connectivity index (χ3v) is 3.90. The molecule has 0 bridgehead atoms. The molecule has 114 valence electrons. The molecule has 1 aliphatic rings. The normalized spacial score (nSPS) is 18.2. The topological polar surface area (TPSA) is 50.5 Å². The summed E-state index contributed by atoms with van der Waals surface area (Å²) in [5.74, 6) is 0.758. The molecule has 0 spiro atoms. The molecular weight excluding hydrogens is 266 g/mol. The summed E-state index contributed by atoms with van der Waals surface area (Å²) in [5, 5.41) is 3.49. The molecule has 1 fully saturated rings. The number of nitrogens with one attached hydrogen (secondary N) is 1. The van der Waals surface area contributed by atoms with Crippen LogP contribution < -0.4 is 5.32 Å².